The third-order valence-electron chi connectivity index (χ3n) is 3.78. The first kappa shape index (κ1) is 14.9. The maximum atomic E-state index is 12.2. The maximum absolute atomic E-state index is 12.2. The zero-order chi connectivity index (χ0) is 15.6. The van der Waals surface area contributed by atoms with Crippen molar-refractivity contribution in [2.75, 3.05) is 11.9 Å². The fourth-order valence-corrected chi connectivity index (χ4v) is 2.59. The molecule has 6 nitrogen and oxygen atoms in total. The van der Waals surface area contributed by atoms with E-state index in [9.17, 15) is 9.59 Å². The predicted octanol–water partition coefficient (Wildman–Crippen LogP) is 1.88. The van der Waals surface area contributed by atoms with Crippen molar-refractivity contribution in [3.8, 4) is 11.8 Å². The van der Waals surface area contributed by atoms with Gasteiger partial charge in [-0.15, -0.1) is 0 Å². The lowest BCUT2D eigenvalue weighted by atomic mass is 10.1. The van der Waals surface area contributed by atoms with Gasteiger partial charge in [0.1, 0.15) is 11.8 Å². The van der Waals surface area contributed by atoms with E-state index in [-0.39, 0.29) is 12.5 Å². The first-order valence-electron chi connectivity index (χ1n) is 6.51. The van der Waals surface area contributed by atoms with Crippen LogP contribution in [-0.2, 0) is 9.59 Å². The number of rotatable bonds is 5. The summed E-state index contributed by atoms with van der Waals surface area (Å²) in [5, 5.41) is 20.2. The lowest BCUT2D eigenvalue weighted by molar-refractivity contribution is -0.140. The zero-order valence-corrected chi connectivity index (χ0v) is 11.8. The minimum atomic E-state index is -0.953. The van der Waals surface area contributed by atoms with E-state index in [4.69, 9.17) is 15.1 Å². The molecule has 2 rings (SSSR count). The summed E-state index contributed by atoms with van der Waals surface area (Å²) in [4.78, 5) is 23.2. The molecule has 2 atom stereocenters. The summed E-state index contributed by atoms with van der Waals surface area (Å²) >= 11 is 0. The highest BCUT2D eigenvalue weighted by atomic mass is 16.5. The highest BCUT2D eigenvalue weighted by Crippen LogP contribution is 2.58. The average molecular weight is 288 g/mol. The lowest BCUT2D eigenvalue weighted by Gasteiger charge is -2.08. The molecule has 0 unspecified atom stereocenters. The molecule has 1 aromatic rings. The molecule has 1 fully saturated rings. The quantitative estimate of drug-likeness (QED) is 0.861. The smallest absolute Gasteiger partial charge is 0.307 e. The van der Waals surface area contributed by atoms with Crippen LogP contribution in [0.2, 0.25) is 0 Å². The fraction of sp³-hybridized carbons (Fsp3) is 0.400. The summed E-state index contributed by atoms with van der Waals surface area (Å²) in [6.07, 6.45) is 0. The second-order valence-electron chi connectivity index (χ2n) is 5.58. The number of benzene rings is 1. The molecule has 1 aliphatic rings. The molecule has 0 aliphatic heterocycles. The molecule has 0 aromatic heterocycles. The van der Waals surface area contributed by atoms with Crippen molar-refractivity contribution in [2.24, 2.45) is 17.3 Å². The van der Waals surface area contributed by atoms with E-state index in [2.05, 4.69) is 5.32 Å². The Hall–Kier alpha value is -2.55. The number of hydrogen-bond acceptors (Lipinski definition) is 4. The number of carbonyl (C=O) groups is 2. The molecule has 1 aliphatic carbocycles. The van der Waals surface area contributed by atoms with Crippen LogP contribution in [0.5, 0.6) is 5.75 Å². The third kappa shape index (κ3) is 2.97. The molecule has 0 saturated heterocycles. The Kier molecular flexibility index (Phi) is 3.85. The molecule has 1 saturated carbocycles. The number of ether oxygens (including phenoxy) is 1. The number of carbonyl (C=O) groups excluding carboxylic acids is 1. The Labute approximate surface area is 122 Å². The van der Waals surface area contributed by atoms with Crippen molar-refractivity contribution in [3.05, 3.63) is 24.3 Å². The molecule has 6 heteroatoms. The van der Waals surface area contributed by atoms with Gasteiger partial charge in [0.25, 0.3) is 0 Å². The van der Waals surface area contributed by atoms with Gasteiger partial charge in [-0.2, -0.15) is 5.26 Å². The number of amides is 1. The first-order valence-corrected chi connectivity index (χ1v) is 6.51. The fourth-order valence-electron chi connectivity index (χ4n) is 2.59. The van der Waals surface area contributed by atoms with Crippen molar-refractivity contribution < 1.29 is 19.4 Å². The zero-order valence-electron chi connectivity index (χ0n) is 11.8. The SMILES string of the molecule is CC1(C)[C@H](C(=O)O)[C@@H]1C(=O)Nc1cccc(OCC#N)c1. The summed E-state index contributed by atoms with van der Waals surface area (Å²) in [6, 6.07) is 8.50. The van der Waals surface area contributed by atoms with Crippen LogP contribution in [0.25, 0.3) is 0 Å². The van der Waals surface area contributed by atoms with Crippen molar-refractivity contribution in [1.82, 2.24) is 0 Å². The van der Waals surface area contributed by atoms with Gasteiger partial charge in [0, 0.05) is 11.8 Å². The number of carboxylic acids is 1. The molecule has 0 radical (unpaired) electrons. The number of hydrogen-bond donors (Lipinski definition) is 2. The van der Waals surface area contributed by atoms with Gasteiger partial charge < -0.3 is 15.2 Å². The van der Waals surface area contributed by atoms with Crippen LogP contribution < -0.4 is 10.1 Å². The summed E-state index contributed by atoms with van der Waals surface area (Å²) in [5.41, 5.74) is -0.0209. The molecule has 1 amide bonds. The summed E-state index contributed by atoms with van der Waals surface area (Å²) in [7, 11) is 0. The third-order valence-corrected chi connectivity index (χ3v) is 3.78. The van der Waals surface area contributed by atoms with Crippen LogP contribution in [0.1, 0.15) is 13.8 Å². The van der Waals surface area contributed by atoms with Crippen LogP contribution >= 0.6 is 0 Å². The van der Waals surface area contributed by atoms with E-state index < -0.39 is 23.2 Å². The van der Waals surface area contributed by atoms with Crippen LogP contribution in [0.3, 0.4) is 0 Å². The van der Waals surface area contributed by atoms with E-state index in [0.29, 0.717) is 11.4 Å². The highest BCUT2D eigenvalue weighted by Gasteiger charge is 2.65. The van der Waals surface area contributed by atoms with Gasteiger partial charge in [-0.25, -0.2) is 0 Å². The molecule has 0 heterocycles. The summed E-state index contributed by atoms with van der Waals surface area (Å²) < 4.78 is 5.15. The van der Waals surface area contributed by atoms with Crippen LogP contribution in [0.15, 0.2) is 24.3 Å². The van der Waals surface area contributed by atoms with E-state index in [1.807, 2.05) is 6.07 Å². The Bertz CT molecular complexity index is 618. The number of carboxylic acid groups (broad SMARTS) is 1. The molecule has 0 spiro atoms. The first-order chi connectivity index (χ1) is 9.87. The van der Waals surface area contributed by atoms with Crippen molar-refractivity contribution in [1.29, 1.82) is 5.26 Å². The van der Waals surface area contributed by atoms with Crippen LogP contribution in [0, 0.1) is 28.6 Å². The topological polar surface area (TPSA) is 99.4 Å². The summed E-state index contributed by atoms with van der Waals surface area (Å²) in [5.74, 6) is -2.00. The van der Waals surface area contributed by atoms with E-state index in [1.54, 1.807) is 38.1 Å². The second kappa shape index (κ2) is 5.44. The number of anilines is 1. The number of nitrogens with zero attached hydrogens (tertiary/aromatic N) is 1. The lowest BCUT2D eigenvalue weighted by Crippen LogP contribution is -2.17. The van der Waals surface area contributed by atoms with E-state index in [0.717, 1.165) is 0 Å². The minimum absolute atomic E-state index is 0.0753. The molecule has 21 heavy (non-hydrogen) atoms. The van der Waals surface area contributed by atoms with E-state index >= 15 is 0 Å². The Morgan fingerprint density at radius 2 is 2.14 bits per heavy atom. The van der Waals surface area contributed by atoms with Crippen molar-refractivity contribution >= 4 is 17.6 Å². The van der Waals surface area contributed by atoms with Gasteiger partial charge in [-0.3, -0.25) is 9.59 Å². The standard InChI is InChI=1S/C15H16N2O4/c1-15(2)11(12(15)14(19)20)13(18)17-9-4-3-5-10(8-9)21-7-6-16/h3-5,8,11-12H,7H2,1-2H3,(H,17,18)(H,19,20)/t11-,12+/m1/s1. The molecule has 110 valence electrons. The number of nitriles is 1. The summed E-state index contributed by atoms with van der Waals surface area (Å²) in [6.45, 7) is 3.46. The molecule has 2 N–H and O–H groups in total. The largest absolute Gasteiger partial charge is 0.481 e. The van der Waals surface area contributed by atoms with Crippen LogP contribution in [0.4, 0.5) is 5.69 Å². The Morgan fingerprint density at radius 3 is 2.71 bits per heavy atom. The van der Waals surface area contributed by atoms with Gasteiger partial charge >= 0.3 is 5.97 Å². The monoisotopic (exact) mass is 288 g/mol. The number of aliphatic carboxylic acids is 1. The van der Waals surface area contributed by atoms with Gasteiger partial charge in [0.2, 0.25) is 5.91 Å². The van der Waals surface area contributed by atoms with Gasteiger partial charge in [-0.1, -0.05) is 19.9 Å². The average Bonchev–Trinajstić information content (AvgIpc) is 3.00. The van der Waals surface area contributed by atoms with Crippen LogP contribution in [-0.4, -0.2) is 23.6 Å². The molecule has 0 bridgehead atoms. The molecular formula is C15H16N2O4. The maximum Gasteiger partial charge on any atom is 0.307 e. The predicted molar refractivity (Wildman–Crippen MR) is 74.6 cm³/mol. The van der Waals surface area contributed by atoms with Gasteiger partial charge in [-0.05, 0) is 17.5 Å². The number of nitrogens with one attached hydrogen (secondary N) is 1. The highest BCUT2D eigenvalue weighted by molar-refractivity contribution is 5.99. The molecule has 1 aromatic carbocycles. The van der Waals surface area contributed by atoms with Crippen molar-refractivity contribution in [3.63, 3.8) is 0 Å². The van der Waals surface area contributed by atoms with Gasteiger partial charge in [0.15, 0.2) is 6.61 Å². The van der Waals surface area contributed by atoms with E-state index in [1.165, 1.54) is 0 Å². The van der Waals surface area contributed by atoms with Crippen molar-refractivity contribution in [2.45, 2.75) is 13.8 Å². The minimum Gasteiger partial charge on any atom is -0.481 e. The second-order valence-corrected chi connectivity index (χ2v) is 5.58. The molecular weight excluding hydrogens is 272 g/mol. The normalized spacial score (nSPS) is 22.0. The Balaban J connectivity index is 2.04. The Morgan fingerprint density at radius 1 is 1.43 bits per heavy atom. The van der Waals surface area contributed by atoms with Gasteiger partial charge in [0.05, 0.1) is 11.8 Å².